The maximum atomic E-state index is 13.8. The van der Waals surface area contributed by atoms with Crippen LogP contribution < -0.4 is 24.4 Å². The van der Waals surface area contributed by atoms with Crippen LogP contribution in [0.3, 0.4) is 0 Å². The molecule has 3 aromatic rings. The standard InChI is InChI=1S/C27H24BrClN2O5S/c1-5-11-36-24-19(28)12-16(13-20(24)34-4)14-21-25(32)31-23(17-7-9-18(29)10-8-17)22(26(33)35-6-2)15(3)30-27(31)37-21/h5,7-10,12-14,23H,1,6,11H2,2-4H3/t23-/m0/s1. The largest absolute Gasteiger partial charge is 0.493 e. The van der Waals surface area contributed by atoms with Crippen molar-refractivity contribution >= 4 is 50.9 Å². The first-order valence-electron chi connectivity index (χ1n) is 11.3. The van der Waals surface area contributed by atoms with Crippen molar-refractivity contribution in [3.63, 3.8) is 0 Å². The van der Waals surface area contributed by atoms with E-state index in [1.54, 1.807) is 63.4 Å². The van der Waals surface area contributed by atoms with Crippen LogP contribution in [0.1, 0.15) is 31.0 Å². The normalized spacial score (nSPS) is 15.2. The molecule has 0 radical (unpaired) electrons. The van der Waals surface area contributed by atoms with Crippen molar-refractivity contribution < 1.29 is 19.0 Å². The van der Waals surface area contributed by atoms with Crippen LogP contribution in [0.5, 0.6) is 11.5 Å². The molecule has 192 valence electrons. The lowest BCUT2D eigenvalue weighted by Gasteiger charge is -2.24. The molecule has 0 bridgehead atoms. The quantitative estimate of drug-likeness (QED) is 0.273. The predicted octanol–water partition coefficient (Wildman–Crippen LogP) is 4.79. The summed E-state index contributed by atoms with van der Waals surface area (Å²) in [6.07, 6.45) is 3.40. The lowest BCUT2D eigenvalue weighted by atomic mass is 9.96. The lowest BCUT2D eigenvalue weighted by molar-refractivity contribution is -0.139. The van der Waals surface area contributed by atoms with E-state index in [0.29, 0.717) is 48.2 Å². The third kappa shape index (κ3) is 5.44. The molecule has 0 N–H and O–H groups in total. The average Bonchev–Trinajstić information content (AvgIpc) is 3.17. The van der Waals surface area contributed by atoms with E-state index in [-0.39, 0.29) is 12.2 Å². The number of esters is 1. The number of hydrogen-bond acceptors (Lipinski definition) is 7. The Kier molecular flexibility index (Phi) is 8.36. The summed E-state index contributed by atoms with van der Waals surface area (Å²) in [4.78, 5) is 31.8. The van der Waals surface area contributed by atoms with Gasteiger partial charge in [0.25, 0.3) is 5.56 Å². The second-order valence-corrected chi connectivity index (χ2v) is 10.3. The van der Waals surface area contributed by atoms with Crippen LogP contribution in [0.15, 0.2) is 74.6 Å². The molecule has 0 spiro atoms. The zero-order valence-corrected chi connectivity index (χ0v) is 23.6. The van der Waals surface area contributed by atoms with Crippen LogP contribution >= 0.6 is 38.9 Å². The molecule has 4 rings (SSSR count). The number of fused-ring (bicyclic) bond motifs is 1. The first-order chi connectivity index (χ1) is 17.8. The summed E-state index contributed by atoms with van der Waals surface area (Å²) >= 11 is 10.9. The smallest absolute Gasteiger partial charge is 0.338 e. The molecule has 0 aliphatic carbocycles. The first kappa shape index (κ1) is 26.9. The molecule has 0 saturated carbocycles. The maximum Gasteiger partial charge on any atom is 0.338 e. The van der Waals surface area contributed by atoms with Crippen molar-refractivity contribution in [1.29, 1.82) is 0 Å². The van der Waals surface area contributed by atoms with Gasteiger partial charge in [-0.3, -0.25) is 9.36 Å². The molecule has 2 heterocycles. The van der Waals surface area contributed by atoms with Crippen LogP contribution in [-0.2, 0) is 9.53 Å². The van der Waals surface area contributed by atoms with Crippen molar-refractivity contribution in [2.75, 3.05) is 20.3 Å². The number of allylic oxidation sites excluding steroid dienone is 1. The van der Waals surface area contributed by atoms with Gasteiger partial charge in [0.2, 0.25) is 0 Å². The topological polar surface area (TPSA) is 79.1 Å². The molecular weight excluding hydrogens is 580 g/mol. The third-order valence-electron chi connectivity index (χ3n) is 5.60. The van der Waals surface area contributed by atoms with E-state index in [9.17, 15) is 9.59 Å². The lowest BCUT2D eigenvalue weighted by Crippen LogP contribution is -2.39. The van der Waals surface area contributed by atoms with E-state index in [1.807, 2.05) is 6.07 Å². The van der Waals surface area contributed by atoms with E-state index in [4.69, 9.17) is 25.8 Å². The molecule has 0 saturated heterocycles. The molecule has 2 aromatic carbocycles. The number of ether oxygens (including phenoxy) is 3. The predicted molar refractivity (Wildman–Crippen MR) is 148 cm³/mol. The highest BCUT2D eigenvalue weighted by Crippen LogP contribution is 2.37. The molecule has 0 unspecified atom stereocenters. The third-order valence-corrected chi connectivity index (χ3v) is 7.42. The van der Waals surface area contributed by atoms with E-state index in [0.717, 1.165) is 11.1 Å². The first-order valence-corrected chi connectivity index (χ1v) is 13.3. The fourth-order valence-electron chi connectivity index (χ4n) is 4.01. The molecule has 0 amide bonds. The summed E-state index contributed by atoms with van der Waals surface area (Å²) in [6, 6.07) is 9.97. The Morgan fingerprint density at radius 3 is 2.68 bits per heavy atom. The Balaban J connectivity index is 1.90. The monoisotopic (exact) mass is 602 g/mol. The molecule has 1 aliphatic rings. The van der Waals surface area contributed by atoms with E-state index < -0.39 is 12.0 Å². The molecule has 7 nitrogen and oxygen atoms in total. The van der Waals surface area contributed by atoms with Gasteiger partial charge >= 0.3 is 5.97 Å². The fourth-order valence-corrected chi connectivity index (χ4v) is 5.76. The number of benzene rings is 2. The van der Waals surface area contributed by atoms with Gasteiger partial charge < -0.3 is 14.2 Å². The molecule has 1 atom stereocenters. The second-order valence-electron chi connectivity index (χ2n) is 7.99. The molecule has 1 aromatic heterocycles. The van der Waals surface area contributed by atoms with Gasteiger partial charge in [-0.1, -0.05) is 47.7 Å². The molecular formula is C27H24BrClN2O5S. The summed E-state index contributed by atoms with van der Waals surface area (Å²) in [6.45, 7) is 7.68. The van der Waals surface area contributed by atoms with E-state index >= 15 is 0 Å². The molecule has 37 heavy (non-hydrogen) atoms. The number of nitrogens with zero attached hydrogens (tertiary/aromatic N) is 2. The zero-order chi connectivity index (χ0) is 26.7. The van der Waals surface area contributed by atoms with Crippen LogP contribution in [0.25, 0.3) is 6.08 Å². The minimum absolute atomic E-state index is 0.205. The van der Waals surface area contributed by atoms with Gasteiger partial charge in [-0.2, -0.15) is 0 Å². The number of carbonyl (C=O) groups excluding carboxylic acids is 1. The summed E-state index contributed by atoms with van der Waals surface area (Å²) in [5.74, 6) is 0.537. The molecule has 0 fully saturated rings. The zero-order valence-electron chi connectivity index (χ0n) is 20.4. The van der Waals surface area contributed by atoms with Crippen molar-refractivity contribution in [3.05, 3.63) is 101 Å². The highest BCUT2D eigenvalue weighted by molar-refractivity contribution is 9.10. The number of carbonyl (C=O) groups is 1. The van der Waals surface area contributed by atoms with Crippen LogP contribution in [0.4, 0.5) is 0 Å². The van der Waals surface area contributed by atoms with E-state index in [2.05, 4.69) is 27.5 Å². The molecule has 1 aliphatic heterocycles. The Bertz CT molecular complexity index is 1570. The van der Waals surface area contributed by atoms with Crippen molar-refractivity contribution in [1.82, 2.24) is 4.57 Å². The minimum atomic E-state index is -0.703. The Hall–Kier alpha value is -3.14. The summed E-state index contributed by atoms with van der Waals surface area (Å²) < 4.78 is 19.2. The number of hydrogen-bond donors (Lipinski definition) is 0. The van der Waals surface area contributed by atoms with Gasteiger partial charge in [0.15, 0.2) is 16.3 Å². The number of methoxy groups -OCH3 is 1. The average molecular weight is 604 g/mol. The summed E-state index contributed by atoms with van der Waals surface area (Å²) in [5.41, 5.74) is 1.99. The number of rotatable bonds is 8. The van der Waals surface area contributed by atoms with Gasteiger partial charge in [-0.25, -0.2) is 9.79 Å². The van der Waals surface area contributed by atoms with Crippen molar-refractivity contribution in [2.45, 2.75) is 19.9 Å². The van der Waals surface area contributed by atoms with Gasteiger partial charge in [-0.05, 0) is 71.2 Å². The molecule has 10 heteroatoms. The van der Waals surface area contributed by atoms with E-state index in [1.165, 1.54) is 15.9 Å². The number of halogens is 2. The fraction of sp³-hybridized carbons (Fsp3) is 0.222. The summed E-state index contributed by atoms with van der Waals surface area (Å²) in [7, 11) is 1.55. The summed E-state index contributed by atoms with van der Waals surface area (Å²) in [5, 5.41) is 0.551. The Morgan fingerprint density at radius 1 is 1.30 bits per heavy atom. The highest BCUT2D eigenvalue weighted by Gasteiger charge is 2.33. The van der Waals surface area contributed by atoms with Crippen LogP contribution in [-0.4, -0.2) is 30.9 Å². The van der Waals surface area contributed by atoms with Gasteiger partial charge in [0, 0.05) is 5.02 Å². The number of aromatic nitrogens is 1. The van der Waals surface area contributed by atoms with Crippen LogP contribution in [0.2, 0.25) is 5.02 Å². The van der Waals surface area contributed by atoms with Gasteiger partial charge in [0.05, 0.1) is 40.0 Å². The van der Waals surface area contributed by atoms with Crippen molar-refractivity contribution in [2.24, 2.45) is 4.99 Å². The Labute approximate surface area is 231 Å². The minimum Gasteiger partial charge on any atom is -0.493 e. The number of thiazole rings is 1. The van der Waals surface area contributed by atoms with Gasteiger partial charge in [0.1, 0.15) is 6.61 Å². The van der Waals surface area contributed by atoms with Gasteiger partial charge in [-0.15, -0.1) is 0 Å². The van der Waals surface area contributed by atoms with Crippen LogP contribution in [0, 0.1) is 0 Å². The SMILES string of the molecule is C=CCOc1c(Br)cc(C=c2sc3n(c2=O)[C@@H](c2ccc(Cl)cc2)C(C(=O)OCC)=C(C)N=3)cc1OC. The second kappa shape index (κ2) is 11.5. The Morgan fingerprint density at radius 2 is 2.03 bits per heavy atom. The maximum absolute atomic E-state index is 13.8. The highest BCUT2D eigenvalue weighted by atomic mass is 79.9. The van der Waals surface area contributed by atoms with Crippen molar-refractivity contribution in [3.8, 4) is 11.5 Å².